The SMILES string of the molecule is c1ccc(-c2c3c(c(-c4ccc5c(ccc6cc([PH+](c7ccccc7)c7ccccc7)ccc65)c4)c4ccccc24)-c2cccc4cccc-3c24)cc1. The second kappa shape index (κ2) is 12.1. The van der Waals surface area contributed by atoms with E-state index >= 15 is 0 Å². The van der Waals surface area contributed by atoms with Crippen molar-refractivity contribution >= 4 is 66.9 Å². The molecule has 0 heterocycles. The molecule has 0 saturated carbocycles. The van der Waals surface area contributed by atoms with Crippen molar-refractivity contribution in [3.63, 3.8) is 0 Å². The average molecular weight is 690 g/mol. The van der Waals surface area contributed by atoms with E-state index in [9.17, 15) is 0 Å². The van der Waals surface area contributed by atoms with E-state index in [1.807, 2.05) is 0 Å². The molecule has 0 N–H and O–H groups in total. The topological polar surface area (TPSA) is 0 Å². The monoisotopic (exact) mass is 689 g/mol. The minimum atomic E-state index is -1.15. The molecule has 0 aliphatic heterocycles. The van der Waals surface area contributed by atoms with Gasteiger partial charge in [-0.1, -0.05) is 152 Å². The molecule has 1 aliphatic rings. The molecule has 0 saturated heterocycles. The molecule has 0 nitrogen and oxygen atoms in total. The second-order valence-corrected chi connectivity index (χ2v) is 16.6. The van der Waals surface area contributed by atoms with Gasteiger partial charge in [0.15, 0.2) is 0 Å². The number of hydrogen-bond donors (Lipinski definition) is 0. The predicted molar refractivity (Wildman–Crippen MR) is 232 cm³/mol. The van der Waals surface area contributed by atoms with Crippen LogP contribution in [0.15, 0.2) is 200 Å². The Bertz CT molecular complexity index is 2990. The lowest BCUT2D eigenvalue weighted by Crippen LogP contribution is -2.20. The van der Waals surface area contributed by atoms with Crippen LogP contribution < -0.4 is 15.9 Å². The van der Waals surface area contributed by atoms with Crippen molar-refractivity contribution < 1.29 is 0 Å². The van der Waals surface area contributed by atoms with E-state index in [0.717, 1.165) is 0 Å². The average Bonchev–Trinajstić information content (AvgIpc) is 3.55. The van der Waals surface area contributed by atoms with Gasteiger partial charge in [0.2, 0.25) is 0 Å². The van der Waals surface area contributed by atoms with Crippen LogP contribution >= 0.6 is 7.92 Å². The minimum absolute atomic E-state index is 1.15. The molecule has 0 bridgehead atoms. The molecule has 10 aromatic carbocycles. The van der Waals surface area contributed by atoms with Gasteiger partial charge in [0, 0.05) is 0 Å². The van der Waals surface area contributed by atoms with E-state index in [2.05, 4.69) is 200 Å². The van der Waals surface area contributed by atoms with Crippen LogP contribution in [0.5, 0.6) is 0 Å². The fourth-order valence-corrected chi connectivity index (χ4v) is 11.6. The number of benzene rings is 10. The summed E-state index contributed by atoms with van der Waals surface area (Å²) in [6, 6.07) is 74.7. The molecule has 53 heavy (non-hydrogen) atoms. The van der Waals surface area contributed by atoms with Crippen LogP contribution in [0.2, 0.25) is 0 Å². The van der Waals surface area contributed by atoms with Crippen LogP contribution in [-0.4, -0.2) is 0 Å². The largest absolute Gasteiger partial charge is 0.103 e. The van der Waals surface area contributed by atoms with Gasteiger partial charge in [-0.25, -0.2) is 0 Å². The molecule has 0 aromatic heterocycles. The zero-order valence-corrected chi connectivity index (χ0v) is 30.1. The van der Waals surface area contributed by atoms with E-state index in [1.54, 1.807) is 0 Å². The van der Waals surface area contributed by atoms with E-state index in [-0.39, 0.29) is 0 Å². The molecule has 0 unspecified atom stereocenters. The van der Waals surface area contributed by atoms with Crippen molar-refractivity contribution in [1.29, 1.82) is 0 Å². The van der Waals surface area contributed by atoms with E-state index in [4.69, 9.17) is 0 Å². The fraction of sp³-hybridized carbons (Fsp3) is 0. The van der Waals surface area contributed by atoms with Crippen LogP contribution in [-0.2, 0) is 0 Å². The van der Waals surface area contributed by atoms with Crippen LogP contribution in [0, 0.1) is 0 Å². The van der Waals surface area contributed by atoms with Crippen molar-refractivity contribution in [3.8, 4) is 44.5 Å². The van der Waals surface area contributed by atoms with E-state index < -0.39 is 7.92 Å². The van der Waals surface area contributed by atoms with Gasteiger partial charge < -0.3 is 0 Å². The van der Waals surface area contributed by atoms with Crippen LogP contribution in [0.25, 0.3) is 87.6 Å². The maximum atomic E-state index is 2.44. The third kappa shape index (κ3) is 4.73. The van der Waals surface area contributed by atoms with Crippen molar-refractivity contribution in [3.05, 3.63) is 200 Å². The zero-order chi connectivity index (χ0) is 34.9. The molecule has 246 valence electrons. The highest BCUT2D eigenvalue weighted by atomic mass is 31.1. The van der Waals surface area contributed by atoms with Gasteiger partial charge in [-0.05, 0) is 136 Å². The molecular formula is C52H34P+. The van der Waals surface area contributed by atoms with Crippen LogP contribution in [0.4, 0.5) is 0 Å². The fourth-order valence-electron chi connectivity index (χ4n) is 9.03. The van der Waals surface area contributed by atoms with E-state index in [1.165, 1.54) is 104 Å². The smallest absolute Gasteiger partial charge is 0.0622 e. The second-order valence-electron chi connectivity index (χ2n) is 14.2. The van der Waals surface area contributed by atoms with Crippen molar-refractivity contribution in [1.82, 2.24) is 0 Å². The van der Waals surface area contributed by atoms with Crippen molar-refractivity contribution in [2.45, 2.75) is 0 Å². The lowest BCUT2D eigenvalue weighted by Gasteiger charge is -2.21. The lowest BCUT2D eigenvalue weighted by molar-refractivity contribution is 1.63. The Morgan fingerprint density at radius 2 is 0.774 bits per heavy atom. The highest BCUT2D eigenvalue weighted by molar-refractivity contribution is 7.79. The van der Waals surface area contributed by atoms with Crippen molar-refractivity contribution in [2.75, 3.05) is 0 Å². The number of hydrogen-bond acceptors (Lipinski definition) is 0. The summed E-state index contributed by atoms with van der Waals surface area (Å²) >= 11 is 0. The Hall–Kier alpha value is -6.33. The molecular weight excluding hydrogens is 656 g/mol. The molecule has 1 aliphatic carbocycles. The van der Waals surface area contributed by atoms with Crippen molar-refractivity contribution in [2.24, 2.45) is 0 Å². The maximum absolute atomic E-state index is 2.44. The quantitative estimate of drug-likeness (QED) is 0.125. The first-order valence-corrected chi connectivity index (χ1v) is 19.9. The Labute approximate surface area is 310 Å². The first kappa shape index (κ1) is 30.3. The highest BCUT2D eigenvalue weighted by Crippen LogP contribution is 2.57. The highest BCUT2D eigenvalue weighted by Gasteiger charge is 2.30. The van der Waals surface area contributed by atoms with Gasteiger partial charge >= 0.3 is 0 Å². The summed E-state index contributed by atoms with van der Waals surface area (Å²) in [5.41, 5.74) is 10.5. The first-order chi connectivity index (χ1) is 26.3. The molecule has 0 amide bonds. The maximum Gasteiger partial charge on any atom is 0.103 e. The molecule has 1 heteroatoms. The van der Waals surface area contributed by atoms with Gasteiger partial charge in [0.1, 0.15) is 15.9 Å². The molecule has 0 atom stereocenters. The van der Waals surface area contributed by atoms with Gasteiger partial charge in [-0.3, -0.25) is 0 Å². The molecule has 0 spiro atoms. The number of fused-ring (bicyclic) bond motifs is 7. The summed E-state index contributed by atoms with van der Waals surface area (Å²) < 4.78 is 0. The standard InChI is InChI=1S/C52H33P/c1-4-14-35(15-5-1)49-44-22-10-11-23-45(44)50(52-47-25-13-17-34-16-12-24-46(48(34)47)51(49)52)38-28-30-42-36(32-38)26-27-37-33-41(29-31-43(37)42)53(39-18-6-2-7-19-39)40-20-8-3-9-21-40/h1-33H/p+1. The Morgan fingerprint density at radius 3 is 1.38 bits per heavy atom. The predicted octanol–water partition coefficient (Wildman–Crippen LogP) is 12.8. The van der Waals surface area contributed by atoms with Gasteiger partial charge in [-0.15, -0.1) is 0 Å². The zero-order valence-electron chi connectivity index (χ0n) is 29.1. The van der Waals surface area contributed by atoms with Gasteiger partial charge in [0.25, 0.3) is 0 Å². The van der Waals surface area contributed by atoms with Gasteiger partial charge in [-0.2, -0.15) is 0 Å². The summed E-state index contributed by atoms with van der Waals surface area (Å²) in [6.45, 7) is 0. The first-order valence-electron chi connectivity index (χ1n) is 18.4. The Balaban J connectivity index is 1.13. The molecule has 11 rings (SSSR count). The lowest BCUT2D eigenvalue weighted by atomic mass is 9.82. The Morgan fingerprint density at radius 1 is 0.264 bits per heavy atom. The molecule has 0 radical (unpaired) electrons. The third-order valence-corrected chi connectivity index (χ3v) is 14.0. The Kier molecular flexibility index (Phi) is 6.94. The van der Waals surface area contributed by atoms with Crippen LogP contribution in [0.3, 0.4) is 0 Å². The summed E-state index contributed by atoms with van der Waals surface area (Å²) in [4.78, 5) is 0. The third-order valence-electron chi connectivity index (χ3n) is 11.3. The summed E-state index contributed by atoms with van der Waals surface area (Å²) in [5.74, 6) is 0. The van der Waals surface area contributed by atoms with Gasteiger partial charge in [0.05, 0.1) is 7.92 Å². The summed E-state index contributed by atoms with van der Waals surface area (Å²) in [6.07, 6.45) is 0. The van der Waals surface area contributed by atoms with E-state index in [0.29, 0.717) is 0 Å². The molecule has 0 fully saturated rings. The summed E-state index contributed by atoms with van der Waals surface area (Å²) in [5, 5.41) is 14.6. The normalized spacial score (nSPS) is 11.9. The summed E-state index contributed by atoms with van der Waals surface area (Å²) in [7, 11) is -1.15. The number of rotatable bonds is 5. The minimum Gasteiger partial charge on any atom is -0.0622 e. The molecule has 10 aromatic rings. The van der Waals surface area contributed by atoms with Crippen LogP contribution in [0.1, 0.15) is 0 Å².